The van der Waals surface area contributed by atoms with Gasteiger partial charge in [-0.2, -0.15) is 5.26 Å². The number of benzene rings is 2. The van der Waals surface area contributed by atoms with E-state index in [1.165, 1.54) is 13.8 Å². The molecule has 2 rings (SSSR count). The molecule has 6 nitrogen and oxygen atoms in total. The van der Waals surface area contributed by atoms with Gasteiger partial charge in [-0.15, -0.1) is 0 Å². The summed E-state index contributed by atoms with van der Waals surface area (Å²) in [5, 5.41) is 12.0. The number of hydrogen-bond donors (Lipinski definition) is 1. The molecule has 0 radical (unpaired) electrons. The van der Waals surface area contributed by atoms with Crippen molar-refractivity contribution in [1.82, 2.24) is 0 Å². The molecule has 2 aromatic carbocycles. The molecule has 7 heteroatoms. The summed E-state index contributed by atoms with van der Waals surface area (Å²) < 4.78 is 10.6. The first-order valence-electron chi connectivity index (χ1n) is 8.24. The summed E-state index contributed by atoms with van der Waals surface area (Å²) in [6, 6.07) is 13.4. The van der Waals surface area contributed by atoms with Gasteiger partial charge in [0.25, 0.3) is 5.91 Å². The van der Waals surface area contributed by atoms with Gasteiger partial charge in [-0.05, 0) is 62.7 Å². The van der Waals surface area contributed by atoms with E-state index in [4.69, 9.17) is 26.3 Å². The lowest BCUT2D eigenvalue weighted by Crippen LogP contribution is -2.35. The zero-order chi connectivity index (χ0) is 20.0. The maximum atomic E-state index is 12.3. The molecule has 0 spiro atoms. The number of esters is 1. The normalized spacial score (nSPS) is 12.4. The van der Waals surface area contributed by atoms with Gasteiger partial charge >= 0.3 is 5.97 Å². The molecule has 0 aliphatic heterocycles. The third-order valence-corrected chi connectivity index (χ3v) is 3.98. The maximum absolute atomic E-state index is 12.3. The van der Waals surface area contributed by atoms with E-state index < -0.39 is 24.1 Å². The van der Waals surface area contributed by atoms with Gasteiger partial charge in [0.05, 0.1) is 11.6 Å². The molecule has 0 unspecified atom stereocenters. The highest BCUT2D eigenvalue weighted by Gasteiger charge is 2.23. The van der Waals surface area contributed by atoms with Crippen LogP contribution in [-0.2, 0) is 14.3 Å². The lowest BCUT2D eigenvalue weighted by Gasteiger charge is -2.18. The summed E-state index contributed by atoms with van der Waals surface area (Å²) >= 11 is 5.93. The van der Waals surface area contributed by atoms with E-state index in [1.54, 1.807) is 42.5 Å². The number of halogens is 1. The number of carbonyl (C=O) groups excluding carboxylic acids is 2. The largest absolute Gasteiger partial charge is 0.479 e. The summed E-state index contributed by atoms with van der Waals surface area (Å²) in [4.78, 5) is 24.4. The second kappa shape index (κ2) is 9.06. The number of hydrogen-bond acceptors (Lipinski definition) is 5. The lowest BCUT2D eigenvalue weighted by atomic mass is 10.2. The number of amides is 1. The van der Waals surface area contributed by atoms with Crippen LogP contribution in [0.25, 0.3) is 0 Å². The Morgan fingerprint density at radius 3 is 2.41 bits per heavy atom. The first-order chi connectivity index (χ1) is 12.8. The zero-order valence-corrected chi connectivity index (χ0v) is 15.9. The summed E-state index contributed by atoms with van der Waals surface area (Å²) in [5.74, 6) is -0.728. The Morgan fingerprint density at radius 1 is 1.11 bits per heavy atom. The highest BCUT2D eigenvalue weighted by molar-refractivity contribution is 6.31. The summed E-state index contributed by atoms with van der Waals surface area (Å²) in [5.41, 5.74) is 1.88. The average Bonchev–Trinajstić information content (AvgIpc) is 2.65. The minimum atomic E-state index is -1.01. The average molecular weight is 387 g/mol. The minimum absolute atomic E-state index is 0.421. The molecule has 140 valence electrons. The third kappa shape index (κ3) is 5.73. The van der Waals surface area contributed by atoms with Crippen molar-refractivity contribution in [2.24, 2.45) is 0 Å². The first kappa shape index (κ1) is 20.3. The Bertz CT molecular complexity index is 875. The van der Waals surface area contributed by atoms with Crippen LogP contribution in [0.2, 0.25) is 5.02 Å². The number of nitrogens with one attached hydrogen (secondary N) is 1. The van der Waals surface area contributed by atoms with Gasteiger partial charge < -0.3 is 14.8 Å². The third-order valence-electron chi connectivity index (χ3n) is 3.75. The molecule has 0 heterocycles. The lowest BCUT2D eigenvalue weighted by molar-refractivity contribution is -0.159. The highest BCUT2D eigenvalue weighted by atomic mass is 35.5. The van der Waals surface area contributed by atoms with Crippen molar-refractivity contribution in [1.29, 1.82) is 5.26 Å². The van der Waals surface area contributed by atoms with E-state index in [0.717, 1.165) is 5.56 Å². The number of nitriles is 1. The smallest absolute Gasteiger partial charge is 0.347 e. The molecule has 0 saturated carbocycles. The molecule has 0 fully saturated rings. The molecular weight excluding hydrogens is 368 g/mol. The van der Waals surface area contributed by atoms with Crippen molar-refractivity contribution < 1.29 is 19.1 Å². The molecule has 2 atom stereocenters. The topological polar surface area (TPSA) is 88.4 Å². The Balaban J connectivity index is 1.92. The van der Waals surface area contributed by atoms with Gasteiger partial charge in [0, 0.05) is 10.7 Å². The van der Waals surface area contributed by atoms with E-state index >= 15 is 0 Å². The van der Waals surface area contributed by atoms with Crippen LogP contribution in [0.15, 0.2) is 42.5 Å². The molecular formula is C20H19ClN2O4. The molecule has 0 bridgehead atoms. The molecule has 2 aromatic rings. The quantitative estimate of drug-likeness (QED) is 0.761. The van der Waals surface area contributed by atoms with Crippen LogP contribution < -0.4 is 10.1 Å². The summed E-state index contributed by atoms with van der Waals surface area (Å²) in [7, 11) is 0. The van der Waals surface area contributed by atoms with E-state index in [1.807, 2.05) is 13.0 Å². The van der Waals surface area contributed by atoms with Crippen LogP contribution in [0.5, 0.6) is 5.75 Å². The van der Waals surface area contributed by atoms with Gasteiger partial charge in [0.1, 0.15) is 5.75 Å². The predicted octanol–water partition coefficient (Wildman–Crippen LogP) is 3.86. The van der Waals surface area contributed by atoms with E-state index in [9.17, 15) is 9.59 Å². The molecule has 0 saturated heterocycles. The van der Waals surface area contributed by atoms with Gasteiger partial charge in [-0.3, -0.25) is 4.79 Å². The van der Waals surface area contributed by atoms with Crippen LogP contribution in [0.4, 0.5) is 5.69 Å². The number of carbonyl (C=O) groups is 2. The minimum Gasteiger partial charge on any atom is -0.479 e. The molecule has 1 amide bonds. The van der Waals surface area contributed by atoms with Crippen LogP contribution in [0.1, 0.15) is 25.0 Å². The fraction of sp³-hybridized carbons (Fsp3) is 0.250. The van der Waals surface area contributed by atoms with Gasteiger partial charge in [-0.1, -0.05) is 17.7 Å². The fourth-order valence-electron chi connectivity index (χ4n) is 2.15. The van der Waals surface area contributed by atoms with Crippen molar-refractivity contribution >= 4 is 29.2 Å². The van der Waals surface area contributed by atoms with Crippen molar-refractivity contribution in [3.8, 4) is 11.8 Å². The van der Waals surface area contributed by atoms with Gasteiger partial charge in [0.15, 0.2) is 12.2 Å². The van der Waals surface area contributed by atoms with E-state index in [-0.39, 0.29) is 0 Å². The molecule has 1 N–H and O–H groups in total. The maximum Gasteiger partial charge on any atom is 0.347 e. The fourth-order valence-corrected chi connectivity index (χ4v) is 2.32. The van der Waals surface area contributed by atoms with Gasteiger partial charge in [0.2, 0.25) is 0 Å². The number of rotatable bonds is 6. The number of anilines is 1. The Hall–Kier alpha value is -3.04. The van der Waals surface area contributed by atoms with Crippen molar-refractivity contribution in [3.05, 3.63) is 58.6 Å². The molecule has 27 heavy (non-hydrogen) atoms. The predicted molar refractivity (Wildman–Crippen MR) is 102 cm³/mol. The van der Waals surface area contributed by atoms with Crippen molar-refractivity contribution in [2.75, 3.05) is 5.32 Å². The van der Waals surface area contributed by atoms with E-state index in [0.29, 0.717) is 22.0 Å². The van der Waals surface area contributed by atoms with Crippen LogP contribution >= 0.6 is 11.6 Å². The number of nitrogens with zero attached hydrogens (tertiary/aromatic N) is 1. The summed E-state index contributed by atoms with van der Waals surface area (Å²) in [6.07, 6.45) is -1.93. The Kier molecular flexibility index (Phi) is 6.80. The molecule has 0 aromatic heterocycles. The standard InChI is InChI=1S/C20H19ClN2O4/c1-12-4-7-16(21)10-18(12)23-19(24)13(2)27-20(25)14(3)26-17-8-5-15(11-22)6-9-17/h4-10,13-14H,1-3H3,(H,23,24)/t13-,14+/m0/s1. The van der Waals surface area contributed by atoms with Crippen molar-refractivity contribution in [3.63, 3.8) is 0 Å². The Morgan fingerprint density at radius 2 is 1.78 bits per heavy atom. The van der Waals surface area contributed by atoms with Crippen molar-refractivity contribution in [2.45, 2.75) is 33.0 Å². The highest BCUT2D eigenvalue weighted by Crippen LogP contribution is 2.20. The Labute approximate surface area is 162 Å². The monoisotopic (exact) mass is 386 g/mol. The second-order valence-electron chi connectivity index (χ2n) is 5.92. The molecule has 0 aliphatic rings. The second-order valence-corrected chi connectivity index (χ2v) is 6.36. The van der Waals surface area contributed by atoms with Crippen LogP contribution in [0, 0.1) is 18.3 Å². The first-order valence-corrected chi connectivity index (χ1v) is 8.62. The van der Waals surface area contributed by atoms with Crippen LogP contribution in [0.3, 0.4) is 0 Å². The number of ether oxygens (including phenoxy) is 2. The van der Waals surface area contributed by atoms with E-state index in [2.05, 4.69) is 5.32 Å². The summed E-state index contributed by atoms with van der Waals surface area (Å²) in [6.45, 7) is 4.82. The number of aryl methyl sites for hydroxylation is 1. The zero-order valence-electron chi connectivity index (χ0n) is 15.2. The van der Waals surface area contributed by atoms with Gasteiger partial charge in [-0.25, -0.2) is 4.79 Å². The molecule has 0 aliphatic carbocycles. The SMILES string of the molecule is Cc1ccc(Cl)cc1NC(=O)[C@H](C)OC(=O)[C@@H](C)Oc1ccc(C#N)cc1. The van der Waals surface area contributed by atoms with Crippen LogP contribution in [-0.4, -0.2) is 24.1 Å².